The molecule has 2 heterocycles. The number of ether oxygens (including phenoxy) is 3. The Labute approximate surface area is 356 Å². The number of benzene rings is 2. The van der Waals surface area contributed by atoms with Crippen LogP contribution in [0.2, 0.25) is 16.6 Å². The summed E-state index contributed by atoms with van der Waals surface area (Å²) in [7, 11) is -0.991. The number of amides is 3. The van der Waals surface area contributed by atoms with Crippen LogP contribution in [0.4, 0.5) is 10.5 Å². The van der Waals surface area contributed by atoms with E-state index >= 15 is 0 Å². The summed E-state index contributed by atoms with van der Waals surface area (Å²) >= 11 is 0. The lowest BCUT2D eigenvalue weighted by molar-refractivity contribution is -0.146. The van der Waals surface area contributed by atoms with Gasteiger partial charge in [0.25, 0.3) is 14.2 Å². The van der Waals surface area contributed by atoms with E-state index in [0.29, 0.717) is 35.6 Å². The minimum atomic E-state index is -2.53. The molecular formula is C46H65N3O10Si. The highest BCUT2D eigenvalue weighted by molar-refractivity contribution is 6.78. The van der Waals surface area contributed by atoms with Gasteiger partial charge >= 0.3 is 12.1 Å². The fourth-order valence-corrected chi connectivity index (χ4v) is 14.5. The summed E-state index contributed by atoms with van der Waals surface area (Å²) in [5, 5.41) is 14.8. The number of aliphatic hydroxyl groups is 1. The van der Waals surface area contributed by atoms with Crippen LogP contribution in [0.25, 0.3) is 0 Å². The second kappa shape index (κ2) is 18.9. The van der Waals surface area contributed by atoms with Crippen LogP contribution < -0.4 is 19.4 Å². The molecule has 60 heavy (non-hydrogen) atoms. The Morgan fingerprint density at radius 2 is 1.55 bits per heavy atom. The van der Waals surface area contributed by atoms with Gasteiger partial charge in [0.1, 0.15) is 19.0 Å². The molecule has 328 valence electrons. The fraction of sp³-hybridized carbons (Fsp3) is 0.587. The first-order valence-electron chi connectivity index (χ1n) is 21.3. The molecule has 2 fully saturated rings. The zero-order valence-electron chi connectivity index (χ0n) is 37.0. The van der Waals surface area contributed by atoms with Gasteiger partial charge in [0.05, 0.1) is 42.8 Å². The molecule has 4 atom stereocenters. The summed E-state index contributed by atoms with van der Waals surface area (Å²) in [5.74, 6) is -1.41. The highest BCUT2D eigenvalue weighted by atomic mass is 28.4. The zero-order valence-corrected chi connectivity index (χ0v) is 38.0. The van der Waals surface area contributed by atoms with Gasteiger partial charge in [0.2, 0.25) is 5.91 Å². The number of anilines is 1. The van der Waals surface area contributed by atoms with Crippen LogP contribution in [0.15, 0.2) is 49.1 Å². The van der Waals surface area contributed by atoms with Crippen molar-refractivity contribution in [1.82, 2.24) is 10.2 Å². The Balaban J connectivity index is 1.33. The Hall–Kier alpha value is -4.69. The van der Waals surface area contributed by atoms with Gasteiger partial charge in [0.15, 0.2) is 17.8 Å². The summed E-state index contributed by atoms with van der Waals surface area (Å²) < 4.78 is 23.9. The highest BCUT2D eigenvalue weighted by Crippen LogP contribution is 2.57. The maximum Gasteiger partial charge on any atom is 0.416 e. The van der Waals surface area contributed by atoms with Crippen molar-refractivity contribution in [3.8, 4) is 11.5 Å². The number of carbonyl (C=O) groups excluding carboxylic acids is 5. The van der Waals surface area contributed by atoms with Crippen LogP contribution in [0, 0.1) is 17.3 Å². The maximum absolute atomic E-state index is 14.3. The van der Waals surface area contributed by atoms with Crippen LogP contribution in [0.1, 0.15) is 109 Å². The maximum atomic E-state index is 14.3. The largest absolute Gasteiger partial charge is 0.540 e. The third-order valence-electron chi connectivity index (χ3n) is 12.8. The third-order valence-corrected chi connectivity index (χ3v) is 18.8. The number of esters is 1. The molecule has 1 unspecified atom stereocenters. The Bertz CT molecular complexity index is 1900. The van der Waals surface area contributed by atoms with Gasteiger partial charge < -0.3 is 34.0 Å². The summed E-state index contributed by atoms with van der Waals surface area (Å²) in [6, 6.07) is 8.89. The van der Waals surface area contributed by atoms with Gasteiger partial charge in [-0.3, -0.25) is 19.2 Å². The number of carbonyl (C=O) groups is 5. The van der Waals surface area contributed by atoms with E-state index < -0.39 is 50.5 Å². The van der Waals surface area contributed by atoms with Crippen molar-refractivity contribution in [2.45, 2.75) is 136 Å². The normalized spacial score (nSPS) is 19.1. The molecule has 2 N–H and O–H groups in total. The number of ketones is 1. The average Bonchev–Trinajstić information content (AvgIpc) is 3.86. The average molecular weight is 848 g/mol. The van der Waals surface area contributed by atoms with E-state index in [-0.39, 0.29) is 77.0 Å². The SMILES string of the molecule is C=CCOC(=O)C[C@H](C(=O)N[C@@H](C)C(=O)Cc1ccc(COC(=O)N2c3cc(O[Si](C(C)C)(C(C)C)C(C)C)c(OC)cc3C(=O)N3CC4(CC4)C[C@H]3C2O)cc1)C(C)C. The molecule has 1 saturated heterocycles. The number of rotatable bonds is 18. The lowest BCUT2D eigenvalue weighted by Gasteiger charge is -2.42. The molecule has 0 radical (unpaired) electrons. The minimum absolute atomic E-state index is 0.0435. The summed E-state index contributed by atoms with van der Waals surface area (Å²) in [6.45, 7) is 22.3. The Morgan fingerprint density at radius 1 is 0.933 bits per heavy atom. The fourth-order valence-electron chi connectivity index (χ4n) is 9.25. The van der Waals surface area contributed by atoms with Crippen LogP contribution >= 0.6 is 0 Å². The predicted octanol–water partition coefficient (Wildman–Crippen LogP) is 7.73. The van der Waals surface area contributed by atoms with E-state index in [1.807, 2.05) is 13.8 Å². The molecule has 1 spiro atoms. The van der Waals surface area contributed by atoms with Gasteiger partial charge in [-0.1, -0.05) is 92.3 Å². The number of nitrogens with zero attached hydrogens (tertiary/aromatic N) is 2. The second-order valence-electron chi connectivity index (χ2n) is 18.2. The van der Waals surface area contributed by atoms with Crippen molar-refractivity contribution in [2.75, 3.05) is 25.2 Å². The number of hydrogen-bond donors (Lipinski definition) is 2. The van der Waals surface area contributed by atoms with Gasteiger partial charge in [-0.2, -0.15) is 0 Å². The molecular weight excluding hydrogens is 783 g/mol. The molecule has 2 aliphatic heterocycles. The van der Waals surface area contributed by atoms with E-state index in [9.17, 15) is 29.1 Å². The number of hydrogen-bond acceptors (Lipinski definition) is 10. The summed E-state index contributed by atoms with van der Waals surface area (Å²) in [6.07, 6.45) is 1.71. The molecule has 0 bridgehead atoms. The van der Waals surface area contributed by atoms with Crippen LogP contribution in [0.3, 0.4) is 0 Å². The van der Waals surface area contributed by atoms with Crippen LogP contribution in [-0.4, -0.2) is 86.6 Å². The van der Waals surface area contributed by atoms with Crippen LogP contribution in [-0.2, 0) is 36.9 Å². The molecule has 1 aliphatic carbocycles. The van der Waals surface area contributed by atoms with E-state index in [1.54, 1.807) is 48.2 Å². The van der Waals surface area contributed by atoms with Crippen molar-refractivity contribution in [3.63, 3.8) is 0 Å². The molecule has 2 aromatic carbocycles. The van der Waals surface area contributed by atoms with Gasteiger partial charge in [-0.05, 0) is 71.3 Å². The predicted molar refractivity (Wildman–Crippen MR) is 231 cm³/mol. The topological polar surface area (TPSA) is 161 Å². The quantitative estimate of drug-likeness (QED) is 0.0864. The van der Waals surface area contributed by atoms with Gasteiger partial charge in [0, 0.05) is 19.0 Å². The molecule has 3 aliphatic rings. The second-order valence-corrected chi connectivity index (χ2v) is 23.6. The molecule has 13 nitrogen and oxygen atoms in total. The molecule has 1 saturated carbocycles. The number of nitrogens with one attached hydrogen (secondary N) is 1. The molecule has 5 rings (SSSR count). The first-order chi connectivity index (χ1) is 28.3. The van der Waals surface area contributed by atoms with Gasteiger partial charge in [-0.25, -0.2) is 9.69 Å². The number of fused-ring (bicyclic) bond motifs is 2. The Kier molecular flexibility index (Phi) is 14.6. The Morgan fingerprint density at radius 3 is 2.10 bits per heavy atom. The summed E-state index contributed by atoms with van der Waals surface area (Å²) in [4.78, 5) is 69.9. The van der Waals surface area contributed by atoms with Gasteiger partial charge in [-0.15, -0.1) is 0 Å². The van der Waals surface area contributed by atoms with Crippen molar-refractivity contribution in [1.29, 1.82) is 0 Å². The van der Waals surface area contributed by atoms with Crippen LogP contribution in [0.5, 0.6) is 11.5 Å². The highest BCUT2D eigenvalue weighted by Gasteiger charge is 2.58. The van der Waals surface area contributed by atoms with Crippen molar-refractivity contribution >= 4 is 43.7 Å². The molecule has 14 heteroatoms. The monoisotopic (exact) mass is 847 g/mol. The van der Waals surface area contributed by atoms with Crippen molar-refractivity contribution < 1.29 is 47.7 Å². The summed E-state index contributed by atoms with van der Waals surface area (Å²) in [5.41, 5.74) is 2.42. The molecule has 0 aromatic heterocycles. The smallest absolute Gasteiger partial charge is 0.416 e. The van der Waals surface area contributed by atoms with Crippen molar-refractivity contribution in [2.24, 2.45) is 17.3 Å². The standard InChI is InChI=1S/C46H65N3O10Si/c1-12-19-57-41(51)22-34(27(2)3)42(52)47-31(10)38(50)20-32-13-15-33(16-14-32)25-58-45(55)49-36-23-40(59-60(28(4)5,29(6)7)30(8)9)39(56-11)21-35(36)43(53)48-26-46(17-18-46)24-37(48)44(49)54/h12-16,21,23,27-31,34,37,44,54H,1,17-20,22,24-26H2,2-11H3,(H,47,52)/t31-,34-,37-,44?/m0/s1. The lowest BCUT2D eigenvalue weighted by atomic mass is 9.91. The lowest BCUT2D eigenvalue weighted by Crippen LogP contribution is -2.51. The molecule has 3 amide bonds. The third kappa shape index (κ3) is 9.75. The first-order valence-corrected chi connectivity index (χ1v) is 23.5. The number of Topliss-reactive ketones (excluding diaryl/α,β-unsaturated/α-hetero) is 1. The van der Waals surface area contributed by atoms with E-state index in [0.717, 1.165) is 12.8 Å². The zero-order chi connectivity index (χ0) is 44.3. The van der Waals surface area contributed by atoms with E-state index in [1.165, 1.54) is 18.1 Å². The molecule has 2 aromatic rings. The first kappa shape index (κ1) is 46.4. The number of methoxy groups -OCH3 is 1. The minimum Gasteiger partial charge on any atom is -0.540 e. The van der Waals surface area contributed by atoms with E-state index in [4.69, 9.17) is 18.6 Å². The van der Waals surface area contributed by atoms with E-state index in [2.05, 4.69) is 53.4 Å². The van der Waals surface area contributed by atoms with Crippen molar-refractivity contribution in [3.05, 3.63) is 65.7 Å². The number of aliphatic hydroxyl groups excluding tert-OH is 1.